The molecule has 19 heavy (non-hydrogen) atoms. The predicted octanol–water partition coefficient (Wildman–Crippen LogP) is 3.67. The number of piperidine rings is 1. The number of hydrogen-bond acceptors (Lipinski definition) is 2. The topological polar surface area (TPSA) is 15.3 Å². The molecule has 2 nitrogen and oxygen atoms in total. The molecule has 2 heteroatoms. The zero-order chi connectivity index (χ0) is 13.7. The summed E-state index contributed by atoms with van der Waals surface area (Å²) in [7, 11) is 0. The van der Waals surface area contributed by atoms with Gasteiger partial charge in [0.15, 0.2) is 0 Å². The van der Waals surface area contributed by atoms with Gasteiger partial charge >= 0.3 is 0 Å². The predicted molar refractivity (Wildman–Crippen MR) is 83.5 cm³/mol. The van der Waals surface area contributed by atoms with Crippen LogP contribution in [-0.4, -0.2) is 36.6 Å². The van der Waals surface area contributed by atoms with Gasteiger partial charge in [-0.15, -0.1) is 0 Å². The van der Waals surface area contributed by atoms with Gasteiger partial charge in [-0.3, -0.25) is 0 Å². The molecular formula is C17H34N2. The smallest absolute Gasteiger partial charge is 0.00940 e. The van der Waals surface area contributed by atoms with Gasteiger partial charge in [0.05, 0.1) is 0 Å². The summed E-state index contributed by atoms with van der Waals surface area (Å²) < 4.78 is 0. The molecular weight excluding hydrogens is 232 g/mol. The third-order valence-corrected chi connectivity index (χ3v) is 4.94. The maximum atomic E-state index is 3.97. The lowest BCUT2D eigenvalue weighted by molar-refractivity contribution is 0.172. The fraction of sp³-hybridized carbons (Fsp3) is 1.00. The van der Waals surface area contributed by atoms with Crippen LogP contribution in [0.25, 0.3) is 0 Å². The van der Waals surface area contributed by atoms with Crippen LogP contribution in [0.3, 0.4) is 0 Å². The normalized spacial score (nSPS) is 31.6. The van der Waals surface area contributed by atoms with Gasteiger partial charge in [-0.2, -0.15) is 0 Å². The zero-order valence-electron chi connectivity index (χ0n) is 13.3. The van der Waals surface area contributed by atoms with Crippen molar-refractivity contribution < 1.29 is 0 Å². The molecule has 0 aromatic carbocycles. The molecule has 112 valence electrons. The van der Waals surface area contributed by atoms with Gasteiger partial charge in [-0.1, -0.05) is 33.6 Å². The standard InChI is InChI=1S/C17H34N2/c1-14(2)13-19-11-9-17(10-12-19)18-16-6-4-5-15(3)7-8-16/h14-18H,4-13H2,1-3H3. The highest BCUT2D eigenvalue weighted by molar-refractivity contribution is 4.82. The summed E-state index contributed by atoms with van der Waals surface area (Å²) >= 11 is 0. The van der Waals surface area contributed by atoms with E-state index in [1.807, 2.05) is 0 Å². The number of nitrogens with one attached hydrogen (secondary N) is 1. The number of likely N-dealkylation sites (tertiary alicyclic amines) is 1. The maximum Gasteiger partial charge on any atom is 0.00940 e. The van der Waals surface area contributed by atoms with Gasteiger partial charge < -0.3 is 10.2 Å². The van der Waals surface area contributed by atoms with Gasteiger partial charge in [0.2, 0.25) is 0 Å². The van der Waals surface area contributed by atoms with Gasteiger partial charge in [0, 0.05) is 18.6 Å². The van der Waals surface area contributed by atoms with Crippen LogP contribution in [0, 0.1) is 11.8 Å². The average molecular weight is 266 g/mol. The molecule has 0 aromatic heterocycles. The Labute approximate surface area is 120 Å². The second-order valence-corrected chi connectivity index (χ2v) is 7.45. The summed E-state index contributed by atoms with van der Waals surface area (Å²) in [5, 5.41) is 3.97. The van der Waals surface area contributed by atoms with Gasteiger partial charge in [0.1, 0.15) is 0 Å². The van der Waals surface area contributed by atoms with Crippen LogP contribution < -0.4 is 5.32 Å². The minimum absolute atomic E-state index is 0.793. The number of nitrogens with zero attached hydrogens (tertiary/aromatic N) is 1. The van der Waals surface area contributed by atoms with E-state index in [0.29, 0.717) is 0 Å². The monoisotopic (exact) mass is 266 g/mol. The zero-order valence-corrected chi connectivity index (χ0v) is 13.3. The molecule has 2 unspecified atom stereocenters. The first kappa shape index (κ1) is 15.3. The Morgan fingerprint density at radius 2 is 1.63 bits per heavy atom. The van der Waals surface area contributed by atoms with Crippen molar-refractivity contribution in [3.05, 3.63) is 0 Å². The quantitative estimate of drug-likeness (QED) is 0.781. The first-order valence-corrected chi connectivity index (χ1v) is 8.62. The molecule has 1 aliphatic heterocycles. The van der Waals surface area contributed by atoms with Crippen LogP contribution in [0.15, 0.2) is 0 Å². The second-order valence-electron chi connectivity index (χ2n) is 7.45. The van der Waals surface area contributed by atoms with Crippen molar-refractivity contribution in [2.45, 2.75) is 77.8 Å². The van der Waals surface area contributed by atoms with E-state index in [4.69, 9.17) is 0 Å². The molecule has 1 saturated heterocycles. The lowest BCUT2D eigenvalue weighted by atomic mass is 10.00. The Balaban J connectivity index is 1.67. The van der Waals surface area contributed by atoms with Crippen molar-refractivity contribution in [3.63, 3.8) is 0 Å². The number of hydrogen-bond donors (Lipinski definition) is 1. The molecule has 0 aromatic rings. The third-order valence-electron chi connectivity index (χ3n) is 4.94. The minimum atomic E-state index is 0.793. The average Bonchev–Trinajstić information content (AvgIpc) is 2.56. The molecule has 2 aliphatic rings. The van der Waals surface area contributed by atoms with Crippen LogP contribution in [-0.2, 0) is 0 Å². The summed E-state index contributed by atoms with van der Waals surface area (Å²) in [5.74, 6) is 1.77. The first-order valence-electron chi connectivity index (χ1n) is 8.62. The van der Waals surface area contributed by atoms with Crippen molar-refractivity contribution in [3.8, 4) is 0 Å². The molecule has 0 spiro atoms. The molecule has 1 heterocycles. The van der Waals surface area contributed by atoms with Crippen LogP contribution >= 0.6 is 0 Å². The fourth-order valence-corrected chi connectivity index (χ4v) is 3.79. The van der Waals surface area contributed by atoms with E-state index in [9.17, 15) is 0 Å². The Kier molecular flexibility index (Phi) is 6.15. The van der Waals surface area contributed by atoms with Gasteiger partial charge in [-0.25, -0.2) is 0 Å². The van der Waals surface area contributed by atoms with E-state index in [1.54, 1.807) is 0 Å². The SMILES string of the molecule is CC(C)CN1CCC(NC2CCCC(C)CC2)CC1. The van der Waals surface area contributed by atoms with Crippen molar-refractivity contribution in [1.29, 1.82) is 0 Å². The number of rotatable bonds is 4. The minimum Gasteiger partial charge on any atom is -0.311 e. The van der Waals surface area contributed by atoms with Crippen LogP contribution in [0.4, 0.5) is 0 Å². The van der Waals surface area contributed by atoms with E-state index in [-0.39, 0.29) is 0 Å². The van der Waals surface area contributed by atoms with E-state index >= 15 is 0 Å². The molecule has 2 fully saturated rings. The van der Waals surface area contributed by atoms with Gasteiger partial charge in [0.25, 0.3) is 0 Å². The lowest BCUT2D eigenvalue weighted by Crippen LogP contribution is -2.46. The molecule has 1 saturated carbocycles. The molecule has 0 radical (unpaired) electrons. The van der Waals surface area contributed by atoms with Crippen LogP contribution in [0.2, 0.25) is 0 Å². The van der Waals surface area contributed by atoms with Gasteiger partial charge in [-0.05, 0) is 57.0 Å². The molecule has 2 atom stereocenters. The Hall–Kier alpha value is -0.0800. The second kappa shape index (κ2) is 7.64. The molecule has 1 aliphatic carbocycles. The Bertz CT molecular complexity index is 244. The van der Waals surface area contributed by atoms with E-state index < -0.39 is 0 Å². The fourth-order valence-electron chi connectivity index (χ4n) is 3.79. The largest absolute Gasteiger partial charge is 0.311 e. The molecule has 0 amide bonds. The van der Waals surface area contributed by atoms with E-state index in [0.717, 1.165) is 23.9 Å². The molecule has 2 rings (SSSR count). The van der Waals surface area contributed by atoms with E-state index in [2.05, 4.69) is 31.0 Å². The van der Waals surface area contributed by atoms with Crippen LogP contribution in [0.1, 0.15) is 65.7 Å². The third kappa shape index (κ3) is 5.43. The van der Waals surface area contributed by atoms with Crippen molar-refractivity contribution in [2.24, 2.45) is 11.8 Å². The summed E-state index contributed by atoms with van der Waals surface area (Å²) in [6, 6.07) is 1.61. The highest BCUT2D eigenvalue weighted by Gasteiger charge is 2.23. The van der Waals surface area contributed by atoms with Crippen molar-refractivity contribution >= 4 is 0 Å². The summed E-state index contributed by atoms with van der Waals surface area (Å²) in [5.41, 5.74) is 0. The highest BCUT2D eigenvalue weighted by atomic mass is 15.1. The Morgan fingerprint density at radius 1 is 0.947 bits per heavy atom. The summed E-state index contributed by atoms with van der Waals surface area (Å²) in [4.78, 5) is 2.65. The summed E-state index contributed by atoms with van der Waals surface area (Å²) in [6.07, 6.45) is 9.86. The summed E-state index contributed by atoms with van der Waals surface area (Å²) in [6.45, 7) is 11.0. The van der Waals surface area contributed by atoms with Crippen molar-refractivity contribution in [2.75, 3.05) is 19.6 Å². The van der Waals surface area contributed by atoms with Crippen LogP contribution in [0.5, 0.6) is 0 Å². The van der Waals surface area contributed by atoms with E-state index in [1.165, 1.54) is 64.6 Å². The maximum absolute atomic E-state index is 3.97. The highest BCUT2D eigenvalue weighted by Crippen LogP contribution is 2.24. The molecule has 0 bridgehead atoms. The lowest BCUT2D eigenvalue weighted by Gasteiger charge is -2.35. The van der Waals surface area contributed by atoms with Crippen molar-refractivity contribution in [1.82, 2.24) is 10.2 Å². The molecule has 1 N–H and O–H groups in total. The Morgan fingerprint density at radius 3 is 2.32 bits per heavy atom. The first-order chi connectivity index (χ1) is 9.13.